The molecule has 0 saturated carbocycles. The molecule has 0 radical (unpaired) electrons. The van der Waals surface area contributed by atoms with Crippen LogP contribution in [0.4, 0.5) is 0 Å². The van der Waals surface area contributed by atoms with Crippen molar-refractivity contribution in [3.63, 3.8) is 0 Å². The quantitative estimate of drug-likeness (QED) is 0.846. The van der Waals surface area contributed by atoms with Gasteiger partial charge in [0.1, 0.15) is 0 Å². The molecule has 0 unspecified atom stereocenters. The van der Waals surface area contributed by atoms with E-state index in [2.05, 4.69) is 31.3 Å². The first-order chi connectivity index (χ1) is 11.2. The molecular weight excluding hydrogens is 324 g/mol. The lowest BCUT2D eigenvalue weighted by atomic mass is 10.0. The van der Waals surface area contributed by atoms with E-state index in [9.17, 15) is 13.2 Å². The first kappa shape index (κ1) is 18.7. The number of hydrogen-bond donors (Lipinski definition) is 1. The normalized spacial score (nSPS) is 17.3. The zero-order chi connectivity index (χ0) is 17.9. The van der Waals surface area contributed by atoms with E-state index in [4.69, 9.17) is 0 Å². The summed E-state index contributed by atoms with van der Waals surface area (Å²) in [6.45, 7) is 7.09. The number of benzene rings is 1. The summed E-state index contributed by atoms with van der Waals surface area (Å²) in [5.74, 6) is -0.134. The van der Waals surface area contributed by atoms with Crippen molar-refractivity contribution in [2.45, 2.75) is 39.7 Å². The van der Waals surface area contributed by atoms with E-state index in [1.54, 1.807) is 6.08 Å². The number of piperidine rings is 1. The number of aryl methyl sites for hydroxylation is 3. The van der Waals surface area contributed by atoms with Crippen LogP contribution in [0.25, 0.3) is 6.08 Å². The van der Waals surface area contributed by atoms with Crippen molar-refractivity contribution in [2.75, 3.05) is 19.3 Å². The van der Waals surface area contributed by atoms with Crippen LogP contribution in [-0.4, -0.2) is 44.0 Å². The van der Waals surface area contributed by atoms with Crippen molar-refractivity contribution in [3.05, 3.63) is 40.5 Å². The summed E-state index contributed by atoms with van der Waals surface area (Å²) in [6, 6.07) is 4.23. The Balaban J connectivity index is 1.91. The van der Waals surface area contributed by atoms with Crippen molar-refractivity contribution in [3.8, 4) is 0 Å². The molecule has 6 heteroatoms. The van der Waals surface area contributed by atoms with Gasteiger partial charge in [-0.2, -0.15) is 0 Å². The van der Waals surface area contributed by atoms with Gasteiger partial charge in [0, 0.05) is 25.2 Å². The topological polar surface area (TPSA) is 66.5 Å². The predicted molar refractivity (Wildman–Crippen MR) is 97.3 cm³/mol. The molecule has 0 aliphatic carbocycles. The fourth-order valence-corrected chi connectivity index (χ4v) is 3.78. The molecule has 1 aromatic rings. The van der Waals surface area contributed by atoms with Gasteiger partial charge in [-0.1, -0.05) is 12.1 Å². The maximum Gasteiger partial charge on any atom is 0.244 e. The Bertz CT molecular complexity index is 746. The first-order valence-electron chi connectivity index (χ1n) is 8.18. The summed E-state index contributed by atoms with van der Waals surface area (Å²) in [7, 11) is -3.13. The number of hydrogen-bond acceptors (Lipinski definition) is 3. The summed E-state index contributed by atoms with van der Waals surface area (Å²) in [5.41, 5.74) is 4.63. The Morgan fingerprint density at radius 2 is 1.71 bits per heavy atom. The zero-order valence-electron chi connectivity index (χ0n) is 14.8. The van der Waals surface area contributed by atoms with Crippen LogP contribution in [0.5, 0.6) is 0 Å². The van der Waals surface area contributed by atoms with E-state index >= 15 is 0 Å². The summed E-state index contributed by atoms with van der Waals surface area (Å²) >= 11 is 0. The number of amides is 1. The highest BCUT2D eigenvalue weighted by Crippen LogP contribution is 2.17. The molecule has 0 spiro atoms. The molecule has 0 aromatic heterocycles. The fraction of sp³-hybridized carbons (Fsp3) is 0.500. The van der Waals surface area contributed by atoms with Gasteiger partial charge in [0.05, 0.1) is 6.26 Å². The predicted octanol–water partition coefficient (Wildman–Crippen LogP) is 2.17. The second kappa shape index (κ2) is 7.49. The molecule has 2 rings (SSSR count). The van der Waals surface area contributed by atoms with Crippen LogP contribution >= 0.6 is 0 Å². The van der Waals surface area contributed by atoms with E-state index in [0.717, 1.165) is 11.1 Å². The Labute approximate surface area is 144 Å². The standard InChI is InChI=1S/C18H26N2O3S/c1-13-11-15(3)16(12-14(13)2)5-6-18(21)19-17-7-9-20(10-8-17)24(4,22)23/h5-6,11-12,17H,7-10H2,1-4H3,(H,19,21)/b6-5+. The highest BCUT2D eigenvalue weighted by Gasteiger charge is 2.25. The largest absolute Gasteiger partial charge is 0.350 e. The summed E-state index contributed by atoms with van der Waals surface area (Å²) in [6.07, 6.45) is 5.91. The third kappa shape index (κ3) is 4.92. The van der Waals surface area contributed by atoms with Gasteiger partial charge in [-0.3, -0.25) is 4.79 Å². The van der Waals surface area contributed by atoms with E-state index in [-0.39, 0.29) is 11.9 Å². The maximum absolute atomic E-state index is 12.1. The van der Waals surface area contributed by atoms with Gasteiger partial charge in [-0.05, 0) is 61.9 Å². The molecule has 1 N–H and O–H groups in total. The number of nitrogens with zero attached hydrogens (tertiary/aromatic N) is 1. The zero-order valence-corrected chi connectivity index (χ0v) is 15.6. The molecule has 1 amide bonds. The van der Waals surface area contributed by atoms with E-state index in [1.165, 1.54) is 21.7 Å². The van der Waals surface area contributed by atoms with Gasteiger partial charge < -0.3 is 5.32 Å². The number of nitrogens with one attached hydrogen (secondary N) is 1. The average Bonchev–Trinajstić information content (AvgIpc) is 2.49. The van der Waals surface area contributed by atoms with Crippen LogP contribution in [0.1, 0.15) is 35.1 Å². The van der Waals surface area contributed by atoms with Gasteiger partial charge in [0.15, 0.2) is 0 Å². The van der Waals surface area contributed by atoms with Gasteiger partial charge in [-0.15, -0.1) is 0 Å². The number of rotatable bonds is 4. The number of carbonyl (C=O) groups excluding carboxylic acids is 1. The van der Waals surface area contributed by atoms with Crippen LogP contribution in [0.2, 0.25) is 0 Å². The molecule has 1 heterocycles. The van der Waals surface area contributed by atoms with E-state index in [1.807, 2.05) is 13.0 Å². The Kier molecular flexibility index (Phi) is 5.83. The minimum Gasteiger partial charge on any atom is -0.350 e. The van der Waals surface area contributed by atoms with Crippen LogP contribution in [0, 0.1) is 20.8 Å². The van der Waals surface area contributed by atoms with Crippen molar-refractivity contribution in [1.29, 1.82) is 0 Å². The molecule has 0 bridgehead atoms. The third-order valence-electron chi connectivity index (χ3n) is 4.57. The van der Waals surface area contributed by atoms with Crippen LogP contribution in [0.15, 0.2) is 18.2 Å². The molecule has 24 heavy (non-hydrogen) atoms. The molecule has 1 aromatic carbocycles. The second-order valence-electron chi connectivity index (χ2n) is 6.57. The lowest BCUT2D eigenvalue weighted by Gasteiger charge is -2.30. The van der Waals surface area contributed by atoms with Crippen molar-refractivity contribution < 1.29 is 13.2 Å². The highest BCUT2D eigenvalue weighted by atomic mass is 32.2. The molecule has 0 atom stereocenters. The summed E-state index contributed by atoms with van der Waals surface area (Å²) < 4.78 is 24.4. The van der Waals surface area contributed by atoms with Gasteiger partial charge in [0.25, 0.3) is 0 Å². The SMILES string of the molecule is Cc1cc(C)c(/C=C/C(=O)NC2CCN(S(C)(=O)=O)CC2)cc1C. The Hall–Kier alpha value is -1.66. The van der Waals surface area contributed by atoms with Crippen molar-refractivity contribution >= 4 is 22.0 Å². The van der Waals surface area contributed by atoms with Crippen LogP contribution < -0.4 is 5.32 Å². The number of carbonyl (C=O) groups is 1. The van der Waals surface area contributed by atoms with E-state index < -0.39 is 10.0 Å². The molecular formula is C18H26N2O3S. The molecule has 1 aliphatic heterocycles. The molecule has 132 valence electrons. The monoisotopic (exact) mass is 350 g/mol. The third-order valence-corrected chi connectivity index (χ3v) is 5.87. The maximum atomic E-state index is 12.1. The molecule has 1 saturated heterocycles. The second-order valence-corrected chi connectivity index (χ2v) is 8.55. The highest BCUT2D eigenvalue weighted by molar-refractivity contribution is 7.88. The smallest absolute Gasteiger partial charge is 0.244 e. The number of sulfonamides is 1. The van der Waals surface area contributed by atoms with Crippen molar-refractivity contribution in [2.24, 2.45) is 0 Å². The van der Waals surface area contributed by atoms with Gasteiger partial charge in [0.2, 0.25) is 15.9 Å². The minimum absolute atomic E-state index is 0.0287. The first-order valence-corrected chi connectivity index (χ1v) is 10.0. The summed E-state index contributed by atoms with van der Waals surface area (Å²) in [4.78, 5) is 12.1. The minimum atomic E-state index is -3.13. The van der Waals surface area contributed by atoms with Crippen LogP contribution in [0.3, 0.4) is 0 Å². The van der Waals surface area contributed by atoms with E-state index in [0.29, 0.717) is 25.9 Å². The molecule has 5 nitrogen and oxygen atoms in total. The summed E-state index contributed by atoms with van der Waals surface area (Å²) in [5, 5.41) is 2.96. The Morgan fingerprint density at radius 3 is 2.29 bits per heavy atom. The average molecular weight is 350 g/mol. The van der Waals surface area contributed by atoms with Crippen molar-refractivity contribution in [1.82, 2.24) is 9.62 Å². The van der Waals surface area contributed by atoms with Gasteiger partial charge in [-0.25, -0.2) is 12.7 Å². The lowest BCUT2D eigenvalue weighted by molar-refractivity contribution is -0.117. The molecule has 1 aliphatic rings. The van der Waals surface area contributed by atoms with Gasteiger partial charge >= 0.3 is 0 Å². The lowest BCUT2D eigenvalue weighted by Crippen LogP contribution is -2.45. The fourth-order valence-electron chi connectivity index (χ4n) is 2.91. The van der Waals surface area contributed by atoms with Crippen LogP contribution in [-0.2, 0) is 14.8 Å². The molecule has 1 fully saturated rings. The Morgan fingerprint density at radius 1 is 1.12 bits per heavy atom.